The number of hydrogen-bond acceptors (Lipinski definition) is 4. The molecule has 4 nitrogen and oxygen atoms in total. The minimum atomic E-state index is -2.55. The van der Waals surface area contributed by atoms with Crippen LogP contribution in [0.3, 0.4) is 0 Å². The second-order valence-corrected chi connectivity index (χ2v) is 8.90. The summed E-state index contributed by atoms with van der Waals surface area (Å²) in [5, 5.41) is 3.67. The van der Waals surface area contributed by atoms with Crippen LogP contribution in [0.25, 0.3) is 0 Å². The van der Waals surface area contributed by atoms with E-state index in [2.05, 4.69) is 34.1 Å². The Hall–Kier alpha value is -1.01. The summed E-state index contributed by atoms with van der Waals surface area (Å²) in [6.07, 6.45) is 4.96. The molecule has 158 valence electrons. The molecule has 29 heavy (non-hydrogen) atoms. The van der Waals surface area contributed by atoms with Crippen LogP contribution in [0.15, 0.2) is 47.4 Å². The van der Waals surface area contributed by atoms with Gasteiger partial charge in [0.15, 0.2) is 0 Å². The summed E-state index contributed by atoms with van der Waals surface area (Å²) in [5.74, 6) is 0.619. The van der Waals surface area contributed by atoms with Gasteiger partial charge >= 0.3 is 8.25 Å². The molecule has 0 aromatic heterocycles. The molecule has 0 amide bonds. The summed E-state index contributed by atoms with van der Waals surface area (Å²) < 4.78 is 29.3. The third-order valence-corrected chi connectivity index (χ3v) is 6.20. The molecule has 0 saturated heterocycles. The summed E-state index contributed by atoms with van der Waals surface area (Å²) in [6, 6.07) is 13.6. The number of unbranched alkanes of at least 4 members (excludes halogenated alkanes) is 2. The first-order chi connectivity index (χ1) is 14.1. The first kappa shape index (κ1) is 24.3. The Morgan fingerprint density at radius 3 is 2.69 bits per heavy atom. The van der Waals surface area contributed by atoms with Crippen LogP contribution in [0, 0.1) is 5.82 Å². The van der Waals surface area contributed by atoms with Gasteiger partial charge in [-0.1, -0.05) is 48.4 Å². The van der Waals surface area contributed by atoms with Crippen LogP contribution in [-0.4, -0.2) is 23.8 Å². The van der Waals surface area contributed by atoms with Gasteiger partial charge in [-0.15, -0.1) is 21.2 Å². The van der Waals surface area contributed by atoms with Gasteiger partial charge < -0.3 is 5.32 Å². The molecule has 0 radical (unpaired) electrons. The minimum Gasteiger partial charge on any atom is -0.313 e. The number of nitrogens with one attached hydrogen (secondary N) is 1. The van der Waals surface area contributed by atoms with Gasteiger partial charge in [0.25, 0.3) is 0 Å². The van der Waals surface area contributed by atoms with Crippen molar-refractivity contribution >= 4 is 31.6 Å². The van der Waals surface area contributed by atoms with Gasteiger partial charge in [-0.2, -0.15) is 0 Å². The first-order valence-corrected chi connectivity index (χ1v) is 12.2. The highest BCUT2D eigenvalue weighted by Gasteiger charge is 2.11. The van der Waals surface area contributed by atoms with Gasteiger partial charge in [0, 0.05) is 21.0 Å². The average molecular weight is 459 g/mol. The van der Waals surface area contributed by atoms with Crippen LogP contribution < -0.4 is 5.32 Å². The van der Waals surface area contributed by atoms with Crippen molar-refractivity contribution in [3.8, 4) is 0 Å². The van der Waals surface area contributed by atoms with Crippen molar-refractivity contribution in [3.63, 3.8) is 0 Å². The quantitative estimate of drug-likeness (QED) is 0.202. The van der Waals surface area contributed by atoms with Crippen LogP contribution >= 0.6 is 31.6 Å². The molecule has 8 heteroatoms. The van der Waals surface area contributed by atoms with Gasteiger partial charge in [-0.25, -0.2) is 4.39 Å². The van der Waals surface area contributed by atoms with Crippen molar-refractivity contribution < 1.29 is 18.4 Å². The smallest absolute Gasteiger partial charge is 0.313 e. The zero-order chi connectivity index (χ0) is 20.9. The van der Waals surface area contributed by atoms with E-state index in [4.69, 9.17) is 16.5 Å². The molecular formula is C21H27ClFNO3PS+. The molecule has 0 bridgehead atoms. The maximum atomic E-state index is 14.4. The van der Waals surface area contributed by atoms with E-state index >= 15 is 0 Å². The monoisotopic (exact) mass is 458 g/mol. The molecular weight excluding hydrogens is 432 g/mol. The van der Waals surface area contributed by atoms with E-state index in [1.807, 2.05) is 6.07 Å². The molecule has 1 unspecified atom stereocenters. The minimum absolute atomic E-state index is 0.196. The zero-order valence-corrected chi connectivity index (χ0v) is 18.7. The lowest BCUT2D eigenvalue weighted by Crippen LogP contribution is -2.16. The summed E-state index contributed by atoms with van der Waals surface area (Å²) in [6.45, 7) is 1.22. The Bertz CT molecular complexity index is 767. The van der Waals surface area contributed by atoms with Crippen LogP contribution in [0.5, 0.6) is 0 Å². The predicted octanol–water partition coefficient (Wildman–Crippen LogP) is 6.13. The standard InChI is InChI=1S/C21H26ClFNO3PS/c22-19-15-21(29-13-6-2-5-10-17-8-3-1-4-9-17)20(23)14-18(19)16-24-11-7-12-27-28(25)26/h1,3-4,8-9,14-15,24H,2,5-7,10-13,16H2/p+1. The number of benzene rings is 2. The van der Waals surface area contributed by atoms with Crippen LogP contribution in [0.2, 0.25) is 5.02 Å². The lowest BCUT2D eigenvalue weighted by molar-refractivity contribution is 0.276. The molecule has 0 fully saturated rings. The van der Waals surface area contributed by atoms with Crippen LogP contribution in [-0.2, 0) is 22.1 Å². The third-order valence-electron chi connectivity index (χ3n) is 4.33. The summed E-state index contributed by atoms with van der Waals surface area (Å²) >= 11 is 7.80. The molecule has 0 aliphatic heterocycles. The van der Waals surface area contributed by atoms with E-state index in [-0.39, 0.29) is 12.4 Å². The number of aryl methyl sites for hydroxylation is 1. The lowest BCUT2D eigenvalue weighted by Gasteiger charge is -2.10. The summed E-state index contributed by atoms with van der Waals surface area (Å²) in [4.78, 5) is 9.12. The number of thioether (sulfide) groups is 1. The molecule has 2 rings (SSSR count). The maximum Gasteiger partial charge on any atom is 0.694 e. The fourth-order valence-corrected chi connectivity index (χ4v) is 4.36. The SMILES string of the molecule is O=[P+](O)OCCCNCc1cc(F)c(SCCCCCc2ccccc2)cc1Cl. The molecule has 0 aliphatic carbocycles. The van der Waals surface area contributed by atoms with Crippen molar-refractivity contribution in [2.24, 2.45) is 0 Å². The van der Waals surface area contributed by atoms with Gasteiger partial charge in [-0.05, 0) is 61.2 Å². The summed E-state index contributed by atoms with van der Waals surface area (Å²) in [5.41, 5.74) is 2.06. The Kier molecular flexibility index (Phi) is 11.8. The molecule has 2 aromatic rings. The second kappa shape index (κ2) is 14.1. The normalized spacial score (nSPS) is 11.6. The molecule has 2 aromatic carbocycles. The van der Waals surface area contributed by atoms with E-state index in [1.165, 1.54) is 23.4 Å². The fraction of sp³-hybridized carbons (Fsp3) is 0.429. The maximum absolute atomic E-state index is 14.4. The van der Waals surface area contributed by atoms with Crippen LogP contribution in [0.4, 0.5) is 4.39 Å². The van der Waals surface area contributed by atoms with E-state index in [9.17, 15) is 8.96 Å². The largest absolute Gasteiger partial charge is 0.694 e. The third kappa shape index (κ3) is 10.0. The van der Waals surface area contributed by atoms with Gasteiger partial charge in [-0.3, -0.25) is 0 Å². The van der Waals surface area contributed by atoms with Crippen molar-refractivity contribution in [1.82, 2.24) is 5.32 Å². The molecule has 0 saturated carbocycles. The molecule has 0 heterocycles. The van der Waals surface area contributed by atoms with E-state index in [0.29, 0.717) is 35.0 Å². The van der Waals surface area contributed by atoms with Crippen molar-refractivity contribution in [2.45, 2.75) is 43.5 Å². The average Bonchev–Trinajstić information content (AvgIpc) is 2.70. The number of rotatable bonds is 14. The second-order valence-electron chi connectivity index (χ2n) is 6.62. The van der Waals surface area contributed by atoms with Crippen LogP contribution in [0.1, 0.15) is 36.8 Å². The lowest BCUT2D eigenvalue weighted by atomic mass is 10.1. The predicted molar refractivity (Wildman–Crippen MR) is 118 cm³/mol. The highest BCUT2D eigenvalue weighted by atomic mass is 35.5. The Morgan fingerprint density at radius 2 is 1.93 bits per heavy atom. The molecule has 1 atom stereocenters. The van der Waals surface area contributed by atoms with Crippen molar-refractivity contribution in [2.75, 3.05) is 18.9 Å². The van der Waals surface area contributed by atoms with E-state index < -0.39 is 8.25 Å². The van der Waals surface area contributed by atoms with Gasteiger partial charge in [0.1, 0.15) is 12.4 Å². The van der Waals surface area contributed by atoms with Gasteiger partial charge in [0.05, 0.1) is 0 Å². The van der Waals surface area contributed by atoms with Crippen molar-refractivity contribution in [1.29, 1.82) is 0 Å². The van der Waals surface area contributed by atoms with E-state index in [0.717, 1.165) is 31.4 Å². The topological polar surface area (TPSA) is 58.6 Å². The molecule has 0 aliphatic rings. The fourth-order valence-electron chi connectivity index (χ4n) is 2.81. The Labute approximate surface area is 182 Å². The first-order valence-electron chi connectivity index (χ1n) is 9.70. The number of hydrogen-bond donors (Lipinski definition) is 2. The molecule has 0 spiro atoms. The number of halogens is 2. The molecule has 2 N–H and O–H groups in total. The van der Waals surface area contributed by atoms with E-state index in [1.54, 1.807) is 6.07 Å². The van der Waals surface area contributed by atoms with Crippen molar-refractivity contribution in [3.05, 3.63) is 64.4 Å². The Morgan fingerprint density at radius 1 is 1.14 bits per heavy atom. The highest BCUT2D eigenvalue weighted by molar-refractivity contribution is 7.99. The van der Waals surface area contributed by atoms with Gasteiger partial charge in [0.2, 0.25) is 0 Å². The zero-order valence-electron chi connectivity index (χ0n) is 16.3. The highest BCUT2D eigenvalue weighted by Crippen LogP contribution is 2.29. The summed E-state index contributed by atoms with van der Waals surface area (Å²) in [7, 11) is -2.55. The Balaban J connectivity index is 1.65.